The molecule has 2 bridgehead atoms. The summed E-state index contributed by atoms with van der Waals surface area (Å²) in [5.74, 6) is -0.283. The van der Waals surface area contributed by atoms with Crippen molar-refractivity contribution in [3.63, 3.8) is 0 Å². The maximum absolute atomic E-state index is 12.3. The van der Waals surface area contributed by atoms with Crippen LogP contribution in [0.2, 0.25) is 0 Å². The van der Waals surface area contributed by atoms with Crippen molar-refractivity contribution in [2.75, 3.05) is 26.2 Å². The van der Waals surface area contributed by atoms with Gasteiger partial charge in [-0.25, -0.2) is 9.48 Å². The Morgan fingerprint density at radius 1 is 1.44 bits per heavy atom. The lowest BCUT2D eigenvalue weighted by molar-refractivity contribution is -0.0183. The maximum atomic E-state index is 12.3. The molecule has 2 unspecified atom stereocenters. The third kappa shape index (κ3) is 3.66. The van der Waals surface area contributed by atoms with Crippen molar-refractivity contribution in [2.45, 2.75) is 18.5 Å². The van der Waals surface area contributed by atoms with E-state index >= 15 is 0 Å². The smallest absolute Gasteiger partial charge is 0.347 e. The first kappa shape index (κ1) is 17.9. The number of urea groups is 1. The lowest BCUT2D eigenvalue weighted by Crippen LogP contribution is -2.36. The van der Waals surface area contributed by atoms with Crippen molar-refractivity contribution in [3.05, 3.63) is 24.0 Å². The van der Waals surface area contributed by atoms with Gasteiger partial charge in [0.25, 0.3) is 5.91 Å². The highest BCUT2D eigenvalue weighted by molar-refractivity contribution is 7.80. The number of aromatic nitrogens is 2. The summed E-state index contributed by atoms with van der Waals surface area (Å²) in [6, 6.07) is 0.262. The predicted molar refractivity (Wildman–Crippen MR) is 90.5 cm³/mol. The fourth-order valence-electron chi connectivity index (χ4n) is 3.36. The zero-order valence-electron chi connectivity index (χ0n) is 14.1. The first-order chi connectivity index (χ1) is 12.8. The number of carbonyl (C=O) groups excluding carboxylic acids is 2. The van der Waals surface area contributed by atoms with Crippen molar-refractivity contribution in [3.8, 4) is 0 Å². The van der Waals surface area contributed by atoms with E-state index in [2.05, 4.69) is 20.0 Å². The van der Waals surface area contributed by atoms with Crippen molar-refractivity contribution in [1.29, 1.82) is 0 Å². The van der Waals surface area contributed by atoms with E-state index in [0.29, 0.717) is 10.8 Å². The molecule has 2 saturated heterocycles. The summed E-state index contributed by atoms with van der Waals surface area (Å²) in [7, 11) is -4.81. The molecule has 12 nitrogen and oxygen atoms in total. The zero-order valence-corrected chi connectivity index (χ0v) is 14.9. The first-order valence-corrected chi connectivity index (χ1v) is 9.70. The molecule has 1 aromatic rings. The predicted octanol–water partition coefficient (Wildman–Crippen LogP) is -1.33. The van der Waals surface area contributed by atoms with Crippen molar-refractivity contribution < 1.29 is 26.8 Å². The average Bonchev–Trinajstić information content (AvgIpc) is 3.32. The van der Waals surface area contributed by atoms with Crippen LogP contribution in [0, 0.1) is 0 Å². The Morgan fingerprint density at radius 3 is 2.96 bits per heavy atom. The number of rotatable bonds is 5. The molecule has 3 N–H and O–H groups in total. The number of nitrogens with one attached hydrogen (secondary N) is 2. The summed E-state index contributed by atoms with van der Waals surface area (Å²) in [5.41, 5.74) is 0.829. The van der Waals surface area contributed by atoms with Crippen LogP contribution in [0.4, 0.5) is 4.79 Å². The maximum Gasteiger partial charge on any atom is 0.418 e. The Bertz CT molecular complexity index is 905. The number of nitrogens with zero attached hydrogens (tertiary/aromatic N) is 4. The topological polar surface area (TPSA) is 146 Å². The molecule has 0 radical (unpaired) electrons. The van der Waals surface area contributed by atoms with Gasteiger partial charge in [-0.15, -0.1) is 4.28 Å². The second kappa shape index (κ2) is 6.60. The van der Waals surface area contributed by atoms with E-state index in [0.717, 1.165) is 19.5 Å². The molecule has 3 amide bonds. The van der Waals surface area contributed by atoms with E-state index in [9.17, 15) is 18.0 Å². The van der Waals surface area contributed by atoms with Gasteiger partial charge in [-0.3, -0.25) is 9.35 Å². The van der Waals surface area contributed by atoms with Crippen LogP contribution in [0.25, 0.3) is 5.70 Å². The Morgan fingerprint density at radius 2 is 2.26 bits per heavy atom. The van der Waals surface area contributed by atoms with Crippen LogP contribution in [0.5, 0.6) is 0 Å². The van der Waals surface area contributed by atoms with E-state index in [-0.39, 0.29) is 30.7 Å². The Kier molecular flexibility index (Phi) is 4.38. The number of carbonyl (C=O) groups is 2. The van der Waals surface area contributed by atoms with E-state index < -0.39 is 22.5 Å². The number of amides is 3. The summed E-state index contributed by atoms with van der Waals surface area (Å²) in [4.78, 5) is 25.8. The van der Waals surface area contributed by atoms with Gasteiger partial charge in [-0.1, -0.05) is 0 Å². The molecule has 4 rings (SSSR count). The fourth-order valence-corrected chi connectivity index (χ4v) is 3.74. The minimum atomic E-state index is -4.81. The molecular formula is C14H18N6O6S. The number of hydroxylamine groups is 2. The largest absolute Gasteiger partial charge is 0.418 e. The average molecular weight is 398 g/mol. The van der Waals surface area contributed by atoms with Crippen LogP contribution in [0.1, 0.15) is 16.9 Å². The molecule has 2 atom stereocenters. The summed E-state index contributed by atoms with van der Waals surface area (Å²) in [6.45, 7) is 1.97. The summed E-state index contributed by atoms with van der Waals surface area (Å²) < 4.78 is 36.5. The molecule has 0 aliphatic carbocycles. The van der Waals surface area contributed by atoms with E-state index in [1.54, 1.807) is 18.3 Å². The summed E-state index contributed by atoms with van der Waals surface area (Å²) in [6.07, 6.45) is 4.07. The fraction of sp³-hybridized carbons (Fsp3) is 0.500. The SMILES string of the molecule is O=C(NC1CCNC1)c1ccn(C2=CC3CN(C2)C(=O)N3OS(=O)(=O)O)n1. The molecule has 0 saturated carbocycles. The molecule has 4 heterocycles. The van der Waals surface area contributed by atoms with Gasteiger partial charge in [0.15, 0.2) is 5.69 Å². The monoisotopic (exact) mass is 398 g/mol. The van der Waals surface area contributed by atoms with Crippen molar-refractivity contribution >= 4 is 28.0 Å². The summed E-state index contributed by atoms with van der Waals surface area (Å²) >= 11 is 0. The van der Waals surface area contributed by atoms with E-state index in [1.807, 2.05) is 0 Å². The van der Waals surface area contributed by atoms with Crippen LogP contribution in [0.3, 0.4) is 0 Å². The Labute approximate surface area is 154 Å². The van der Waals surface area contributed by atoms with E-state index in [1.165, 1.54) is 9.58 Å². The minimum Gasteiger partial charge on any atom is -0.347 e. The third-order valence-corrected chi connectivity index (χ3v) is 4.94. The number of hydrogen-bond acceptors (Lipinski definition) is 7. The molecule has 27 heavy (non-hydrogen) atoms. The molecule has 0 spiro atoms. The van der Waals surface area contributed by atoms with Crippen LogP contribution < -0.4 is 10.6 Å². The lowest BCUT2D eigenvalue weighted by Gasteiger charge is -2.21. The van der Waals surface area contributed by atoms with Gasteiger partial charge in [-0.05, 0) is 25.1 Å². The Hall–Kier alpha value is -2.48. The molecule has 0 aromatic carbocycles. The van der Waals surface area contributed by atoms with Crippen LogP contribution >= 0.6 is 0 Å². The standard InChI is InChI=1S/C14H18N6O6S/c21-13(16-9-1-3-15-6-9)12-2-4-19(17-12)10-5-11-8-18(7-10)14(22)20(11)26-27(23,24)25/h2,4-5,9,11,15H,1,3,6-8H2,(H,16,21)(H,23,24,25). The molecular weight excluding hydrogens is 380 g/mol. The van der Waals surface area contributed by atoms with Gasteiger partial charge >= 0.3 is 16.4 Å². The van der Waals surface area contributed by atoms with Crippen molar-refractivity contribution in [1.82, 2.24) is 30.4 Å². The van der Waals surface area contributed by atoms with Gasteiger partial charge in [0.05, 0.1) is 12.2 Å². The molecule has 1 aromatic heterocycles. The highest BCUT2D eigenvalue weighted by Gasteiger charge is 2.43. The molecule has 2 fully saturated rings. The van der Waals surface area contributed by atoms with Crippen LogP contribution in [-0.2, 0) is 14.7 Å². The quantitative estimate of drug-likeness (QED) is 0.517. The molecule has 3 aliphatic heterocycles. The highest BCUT2D eigenvalue weighted by Crippen LogP contribution is 2.27. The Balaban J connectivity index is 1.49. The van der Waals surface area contributed by atoms with Gasteiger partial charge in [-0.2, -0.15) is 18.6 Å². The highest BCUT2D eigenvalue weighted by atomic mass is 32.3. The summed E-state index contributed by atoms with van der Waals surface area (Å²) in [5, 5.41) is 10.9. The minimum absolute atomic E-state index is 0.0715. The number of hydrogen-bond donors (Lipinski definition) is 3. The van der Waals surface area contributed by atoms with Gasteiger partial charge in [0.2, 0.25) is 0 Å². The normalized spacial score (nSPS) is 25.1. The second-order valence-electron chi connectivity index (χ2n) is 6.53. The van der Waals surface area contributed by atoms with Gasteiger partial charge in [0, 0.05) is 25.3 Å². The van der Waals surface area contributed by atoms with Crippen LogP contribution in [-0.4, -0.2) is 82.9 Å². The first-order valence-electron chi connectivity index (χ1n) is 8.33. The van der Waals surface area contributed by atoms with Gasteiger partial charge in [0.1, 0.15) is 6.04 Å². The second-order valence-corrected chi connectivity index (χ2v) is 7.53. The molecule has 146 valence electrons. The molecule has 3 aliphatic rings. The van der Waals surface area contributed by atoms with Crippen LogP contribution in [0.15, 0.2) is 18.3 Å². The zero-order chi connectivity index (χ0) is 19.2. The van der Waals surface area contributed by atoms with Crippen molar-refractivity contribution in [2.24, 2.45) is 0 Å². The molecule has 13 heteroatoms. The third-order valence-electron chi connectivity index (χ3n) is 4.59. The van der Waals surface area contributed by atoms with Gasteiger partial charge < -0.3 is 15.5 Å². The lowest BCUT2D eigenvalue weighted by atomic mass is 10.2. The number of fused-ring (bicyclic) bond motifs is 2. The van der Waals surface area contributed by atoms with E-state index in [4.69, 9.17) is 4.55 Å².